The third kappa shape index (κ3) is 3.41. The summed E-state index contributed by atoms with van der Waals surface area (Å²) >= 11 is 0. The van der Waals surface area contributed by atoms with E-state index in [4.69, 9.17) is 9.15 Å². The van der Waals surface area contributed by atoms with Gasteiger partial charge in [0, 0.05) is 18.2 Å². The number of aromatic nitrogens is 2. The van der Waals surface area contributed by atoms with Gasteiger partial charge in [0.25, 0.3) is 0 Å². The Hall–Kier alpha value is -2.01. The largest absolute Gasteiger partial charge is 0.421 e. The number of nitrogens with zero attached hydrogens (tertiary/aromatic N) is 2. The quantitative estimate of drug-likeness (QED) is 0.819. The van der Waals surface area contributed by atoms with Crippen LogP contribution in [0.5, 0.6) is 0 Å². The van der Waals surface area contributed by atoms with Crippen LogP contribution in [0.4, 0.5) is 4.39 Å². The number of hydrogen-bond donors (Lipinski definition) is 0. The summed E-state index contributed by atoms with van der Waals surface area (Å²) in [5.41, 5.74) is 1.29. The molecule has 0 saturated carbocycles. The molecule has 1 fully saturated rings. The second-order valence-corrected chi connectivity index (χ2v) is 7.34. The van der Waals surface area contributed by atoms with Crippen molar-refractivity contribution in [1.82, 2.24) is 10.2 Å². The summed E-state index contributed by atoms with van der Waals surface area (Å²) in [5, 5.41) is 8.30. The Morgan fingerprint density at radius 2 is 2.00 bits per heavy atom. The second kappa shape index (κ2) is 6.48. The molecule has 4 nitrogen and oxygen atoms in total. The fraction of sp³-hybridized carbons (Fsp3) is 0.474. The van der Waals surface area contributed by atoms with Gasteiger partial charge in [-0.05, 0) is 30.4 Å². The highest BCUT2D eigenvalue weighted by Crippen LogP contribution is 2.40. The predicted octanol–water partition coefficient (Wildman–Crippen LogP) is 4.69. The van der Waals surface area contributed by atoms with Crippen LogP contribution in [0.15, 0.2) is 28.7 Å². The molecule has 2 aromatic rings. The van der Waals surface area contributed by atoms with Gasteiger partial charge in [0.15, 0.2) is 0 Å². The van der Waals surface area contributed by atoms with E-state index in [2.05, 4.69) is 31.0 Å². The van der Waals surface area contributed by atoms with Crippen molar-refractivity contribution in [3.8, 4) is 0 Å². The monoisotopic (exact) mass is 330 g/mol. The first-order valence-corrected chi connectivity index (χ1v) is 8.24. The summed E-state index contributed by atoms with van der Waals surface area (Å²) in [6, 6.07) is 6.65. The number of ether oxygens (including phenoxy) is 1. The molecule has 1 aromatic heterocycles. The maximum atomic E-state index is 13.9. The Labute approximate surface area is 141 Å². The van der Waals surface area contributed by atoms with Crippen LogP contribution in [0, 0.1) is 11.2 Å². The van der Waals surface area contributed by atoms with Crippen molar-refractivity contribution in [2.45, 2.75) is 46.1 Å². The zero-order valence-corrected chi connectivity index (χ0v) is 14.5. The molecule has 24 heavy (non-hydrogen) atoms. The summed E-state index contributed by atoms with van der Waals surface area (Å²) in [4.78, 5) is 0. The highest BCUT2D eigenvalue weighted by molar-refractivity contribution is 5.78. The highest BCUT2D eigenvalue weighted by atomic mass is 19.1. The summed E-state index contributed by atoms with van der Waals surface area (Å²) in [5.74, 6) is 0.835. The lowest BCUT2D eigenvalue weighted by Crippen LogP contribution is -2.30. The van der Waals surface area contributed by atoms with E-state index < -0.39 is 0 Å². The van der Waals surface area contributed by atoms with Crippen LogP contribution < -0.4 is 0 Å². The fourth-order valence-electron chi connectivity index (χ4n) is 3.19. The number of halogens is 1. The minimum atomic E-state index is -0.261. The van der Waals surface area contributed by atoms with E-state index in [0.29, 0.717) is 24.0 Å². The van der Waals surface area contributed by atoms with Crippen LogP contribution in [0.25, 0.3) is 11.6 Å². The molecule has 0 amide bonds. The van der Waals surface area contributed by atoms with E-state index in [1.807, 2.05) is 6.92 Å². The Kier molecular flexibility index (Phi) is 4.54. The number of allylic oxidation sites excluding steroid dienone is 1. The third-order valence-corrected chi connectivity index (χ3v) is 4.36. The summed E-state index contributed by atoms with van der Waals surface area (Å²) in [6.45, 7) is 8.98. The van der Waals surface area contributed by atoms with E-state index in [1.165, 1.54) is 6.07 Å². The Bertz CT molecular complexity index is 746. The van der Waals surface area contributed by atoms with Crippen LogP contribution in [0.3, 0.4) is 0 Å². The van der Waals surface area contributed by atoms with Gasteiger partial charge in [-0.3, -0.25) is 0 Å². The molecule has 1 saturated heterocycles. The molecule has 2 heterocycles. The highest BCUT2D eigenvalue weighted by Gasteiger charge is 2.40. The fourth-order valence-corrected chi connectivity index (χ4v) is 3.19. The van der Waals surface area contributed by atoms with Crippen molar-refractivity contribution >= 4 is 11.6 Å². The summed E-state index contributed by atoms with van der Waals surface area (Å²) in [7, 11) is 0. The van der Waals surface area contributed by atoms with E-state index in [1.54, 1.807) is 24.3 Å². The lowest BCUT2D eigenvalue weighted by Gasteiger charge is -2.29. The molecule has 0 N–H and O–H groups in total. The summed E-state index contributed by atoms with van der Waals surface area (Å²) < 4.78 is 25.5. The van der Waals surface area contributed by atoms with Gasteiger partial charge in [0.2, 0.25) is 11.8 Å². The Morgan fingerprint density at radius 3 is 2.71 bits per heavy atom. The minimum Gasteiger partial charge on any atom is -0.421 e. The van der Waals surface area contributed by atoms with Crippen molar-refractivity contribution < 1.29 is 13.5 Å². The van der Waals surface area contributed by atoms with Gasteiger partial charge in [-0.25, -0.2) is 4.39 Å². The Balaban J connectivity index is 1.83. The van der Waals surface area contributed by atoms with Crippen LogP contribution in [0.1, 0.15) is 57.4 Å². The first-order valence-electron chi connectivity index (χ1n) is 8.24. The average molecular weight is 330 g/mol. The number of hydrogen-bond acceptors (Lipinski definition) is 4. The molecule has 1 aliphatic rings. The molecule has 0 bridgehead atoms. The molecule has 128 valence electrons. The van der Waals surface area contributed by atoms with Crippen LogP contribution >= 0.6 is 0 Å². The van der Waals surface area contributed by atoms with E-state index in [-0.39, 0.29) is 23.3 Å². The lowest BCUT2D eigenvalue weighted by molar-refractivity contribution is 0.0171. The number of rotatable bonds is 3. The Morgan fingerprint density at radius 1 is 1.25 bits per heavy atom. The molecule has 1 aliphatic heterocycles. The standard InChI is InChI=1S/C19H23FN2O2/c1-12(13-7-5-6-8-15(13)20)11-16-21-22-18(24-16)14-9-10-23-17(14)19(2,3)4/h5-8,11,14,17H,9-10H2,1-4H3/b12-11+/t14-,17-/m0/s1. The third-order valence-electron chi connectivity index (χ3n) is 4.36. The van der Waals surface area contributed by atoms with E-state index in [9.17, 15) is 4.39 Å². The van der Waals surface area contributed by atoms with Gasteiger partial charge >= 0.3 is 0 Å². The smallest absolute Gasteiger partial charge is 0.240 e. The first kappa shape index (κ1) is 16.8. The maximum Gasteiger partial charge on any atom is 0.240 e. The molecule has 1 aromatic carbocycles. The molecule has 0 aliphatic carbocycles. The van der Waals surface area contributed by atoms with Crippen LogP contribution in [0.2, 0.25) is 0 Å². The molecule has 0 radical (unpaired) electrons. The van der Waals surface area contributed by atoms with Crippen LogP contribution in [-0.4, -0.2) is 22.9 Å². The van der Waals surface area contributed by atoms with Crippen molar-refractivity contribution in [2.24, 2.45) is 5.41 Å². The van der Waals surface area contributed by atoms with Gasteiger partial charge in [-0.2, -0.15) is 0 Å². The van der Waals surface area contributed by atoms with Gasteiger partial charge in [-0.15, -0.1) is 10.2 Å². The topological polar surface area (TPSA) is 48.2 Å². The van der Waals surface area contributed by atoms with Gasteiger partial charge in [-0.1, -0.05) is 39.0 Å². The normalized spacial score (nSPS) is 22.1. The van der Waals surface area contributed by atoms with Crippen molar-refractivity contribution in [1.29, 1.82) is 0 Å². The molecule has 0 unspecified atom stereocenters. The number of benzene rings is 1. The van der Waals surface area contributed by atoms with Crippen LogP contribution in [-0.2, 0) is 4.74 Å². The van der Waals surface area contributed by atoms with Crippen molar-refractivity contribution in [3.63, 3.8) is 0 Å². The lowest BCUT2D eigenvalue weighted by atomic mass is 9.81. The second-order valence-electron chi connectivity index (χ2n) is 7.34. The molecule has 5 heteroatoms. The zero-order chi connectivity index (χ0) is 17.3. The predicted molar refractivity (Wildman–Crippen MR) is 90.8 cm³/mol. The first-order chi connectivity index (χ1) is 11.4. The zero-order valence-electron chi connectivity index (χ0n) is 14.5. The van der Waals surface area contributed by atoms with Gasteiger partial charge < -0.3 is 9.15 Å². The molecule has 3 rings (SSSR count). The maximum absolute atomic E-state index is 13.9. The van der Waals surface area contributed by atoms with Crippen molar-refractivity contribution in [3.05, 3.63) is 47.4 Å². The average Bonchev–Trinajstić information content (AvgIpc) is 3.15. The molecular formula is C19H23FN2O2. The van der Waals surface area contributed by atoms with E-state index >= 15 is 0 Å². The molecular weight excluding hydrogens is 307 g/mol. The van der Waals surface area contributed by atoms with E-state index in [0.717, 1.165) is 12.0 Å². The summed E-state index contributed by atoms with van der Waals surface area (Å²) in [6.07, 6.45) is 2.65. The SMILES string of the molecule is C/C(=C\c1nnc([C@H]2CCO[C@@H]2C(C)(C)C)o1)c1ccccc1F. The van der Waals surface area contributed by atoms with Crippen molar-refractivity contribution in [2.75, 3.05) is 6.61 Å². The minimum absolute atomic E-state index is 0.00865. The van der Waals surface area contributed by atoms with Gasteiger partial charge in [0.1, 0.15) is 5.82 Å². The van der Waals surface area contributed by atoms with Gasteiger partial charge in [0.05, 0.1) is 12.0 Å². The molecule has 2 atom stereocenters. The molecule has 0 spiro atoms.